The SMILES string of the molecule is CCN(C(=O)c1ccc(NC(=O)c2cc(Br)ccc2OCCOC)cc1)c1ccccc1. The Morgan fingerprint density at radius 1 is 0.969 bits per heavy atom. The second kappa shape index (κ2) is 11.5. The molecule has 3 aromatic carbocycles. The lowest BCUT2D eigenvalue weighted by Crippen LogP contribution is -2.30. The Labute approximate surface area is 196 Å². The van der Waals surface area contributed by atoms with Gasteiger partial charge in [-0.15, -0.1) is 0 Å². The number of nitrogens with zero attached hydrogens (tertiary/aromatic N) is 1. The van der Waals surface area contributed by atoms with Gasteiger partial charge in [-0.2, -0.15) is 0 Å². The quantitative estimate of drug-likeness (QED) is 0.403. The van der Waals surface area contributed by atoms with Crippen LogP contribution in [0.5, 0.6) is 5.75 Å². The van der Waals surface area contributed by atoms with Crippen LogP contribution in [-0.4, -0.2) is 38.7 Å². The molecule has 32 heavy (non-hydrogen) atoms. The van der Waals surface area contributed by atoms with Crippen LogP contribution in [0.3, 0.4) is 0 Å². The molecule has 0 saturated heterocycles. The van der Waals surface area contributed by atoms with E-state index in [9.17, 15) is 9.59 Å². The van der Waals surface area contributed by atoms with Gasteiger partial charge in [-0.3, -0.25) is 9.59 Å². The first-order valence-corrected chi connectivity index (χ1v) is 11.0. The van der Waals surface area contributed by atoms with Crippen LogP contribution in [0.15, 0.2) is 77.3 Å². The van der Waals surface area contributed by atoms with Crippen molar-refractivity contribution in [3.63, 3.8) is 0 Å². The van der Waals surface area contributed by atoms with Gasteiger partial charge in [0.05, 0.1) is 12.2 Å². The van der Waals surface area contributed by atoms with Gasteiger partial charge < -0.3 is 19.7 Å². The van der Waals surface area contributed by atoms with Gasteiger partial charge in [0.15, 0.2) is 0 Å². The summed E-state index contributed by atoms with van der Waals surface area (Å²) < 4.78 is 11.4. The highest BCUT2D eigenvalue weighted by molar-refractivity contribution is 9.10. The summed E-state index contributed by atoms with van der Waals surface area (Å²) in [7, 11) is 1.59. The van der Waals surface area contributed by atoms with Crippen molar-refractivity contribution < 1.29 is 19.1 Å². The Morgan fingerprint density at radius 2 is 1.69 bits per heavy atom. The Morgan fingerprint density at radius 3 is 2.34 bits per heavy atom. The second-order valence-corrected chi connectivity index (χ2v) is 7.81. The maximum atomic E-state index is 12.9. The summed E-state index contributed by atoms with van der Waals surface area (Å²) in [6.45, 7) is 3.24. The number of ether oxygens (including phenoxy) is 2. The first-order chi connectivity index (χ1) is 15.5. The monoisotopic (exact) mass is 496 g/mol. The highest BCUT2D eigenvalue weighted by atomic mass is 79.9. The number of hydrogen-bond acceptors (Lipinski definition) is 4. The highest BCUT2D eigenvalue weighted by Crippen LogP contribution is 2.25. The molecule has 0 radical (unpaired) electrons. The van der Waals surface area contributed by atoms with Gasteiger partial charge in [-0.1, -0.05) is 34.1 Å². The predicted molar refractivity (Wildman–Crippen MR) is 130 cm³/mol. The van der Waals surface area contributed by atoms with Gasteiger partial charge in [0.1, 0.15) is 12.4 Å². The predicted octanol–water partition coefficient (Wildman–Crippen LogP) is 5.39. The first-order valence-electron chi connectivity index (χ1n) is 10.2. The average Bonchev–Trinajstić information content (AvgIpc) is 2.81. The second-order valence-electron chi connectivity index (χ2n) is 6.90. The minimum atomic E-state index is -0.308. The molecule has 0 unspecified atom stereocenters. The molecule has 166 valence electrons. The van der Waals surface area contributed by atoms with Crippen molar-refractivity contribution in [1.82, 2.24) is 0 Å². The molecule has 0 spiro atoms. The van der Waals surface area contributed by atoms with Crippen molar-refractivity contribution in [3.8, 4) is 5.75 Å². The lowest BCUT2D eigenvalue weighted by molar-refractivity contribution is 0.0986. The molecular weight excluding hydrogens is 472 g/mol. The van der Waals surface area contributed by atoms with E-state index in [1.807, 2.05) is 43.3 Å². The number of benzene rings is 3. The van der Waals surface area contributed by atoms with Crippen LogP contribution in [0.4, 0.5) is 11.4 Å². The number of rotatable bonds is 9. The zero-order valence-electron chi connectivity index (χ0n) is 18.0. The van der Waals surface area contributed by atoms with Gasteiger partial charge in [-0.05, 0) is 61.5 Å². The number of halogens is 1. The van der Waals surface area contributed by atoms with Crippen molar-refractivity contribution in [3.05, 3.63) is 88.4 Å². The van der Waals surface area contributed by atoms with Crippen molar-refractivity contribution in [2.24, 2.45) is 0 Å². The summed E-state index contributed by atoms with van der Waals surface area (Å²) in [5.74, 6) is 0.0608. The Kier molecular flexibility index (Phi) is 8.41. The van der Waals surface area contributed by atoms with Crippen LogP contribution in [0.25, 0.3) is 0 Å². The Balaban J connectivity index is 1.72. The van der Waals surface area contributed by atoms with Crippen LogP contribution in [0.2, 0.25) is 0 Å². The number of nitrogens with one attached hydrogen (secondary N) is 1. The molecule has 7 heteroatoms. The average molecular weight is 497 g/mol. The maximum Gasteiger partial charge on any atom is 0.259 e. The van der Waals surface area contributed by atoms with E-state index in [2.05, 4.69) is 21.2 Å². The van der Waals surface area contributed by atoms with E-state index in [1.165, 1.54) is 0 Å². The van der Waals surface area contributed by atoms with Crippen molar-refractivity contribution in [2.75, 3.05) is 37.1 Å². The molecule has 2 amide bonds. The van der Waals surface area contributed by atoms with E-state index in [-0.39, 0.29) is 11.8 Å². The molecule has 0 aliphatic rings. The van der Waals surface area contributed by atoms with Gasteiger partial charge in [0.2, 0.25) is 0 Å². The Hall–Kier alpha value is -3.16. The minimum absolute atomic E-state index is 0.0996. The van der Waals surface area contributed by atoms with Gasteiger partial charge in [0.25, 0.3) is 11.8 Å². The largest absolute Gasteiger partial charge is 0.490 e. The topological polar surface area (TPSA) is 67.9 Å². The van der Waals surface area contributed by atoms with E-state index < -0.39 is 0 Å². The van der Waals surface area contributed by atoms with Crippen molar-refractivity contribution in [1.29, 1.82) is 0 Å². The fourth-order valence-corrected chi connectivity index (χ4v) is 3.50. The lowest BCUT2D eigenvalue weighted by Gasteiger charge is -2.21. The molecule has 1 N–H and O–H groups in total. The number of methoxy groups -OCH3 is 1. The number of carbonyl (C=O) groups is 2. The van der Waals surface area contributed by atoms with E-state index in [0.29, 0.717) is 42.3 Å². The molecule has 0 aromatic heterocycles. The van der Waals surface area contributed by atoms with Crippen LogP contribution in [0, 0.1) is 0 Å². The number of anilines is 2. The normalized spacial score (nSPS) is 10.5. The van der Waals surface area contributed by atoms with Crippen molar-refractivity contribution in [2.45, 2.75) is 6.92 Å². The summed E-state index contributed by atoms with van der Waals surface area (Å²) >= 11 is 3.39. The van der Waals surface area contributed by atoms with E-state index in [4.69, 9.17) is 9.47 Å². The van der Waals surface area contributed by atoms with Crippen molar-refractivity contribution >= 4 is 39.1 Å². The molecule has 3 aromatic rings. The summed E-state index contributed by atoms with van der Waals surface area (Å²) in [5.41, 5.74) is 2.36. The highest BCUT2D eigenvalue weighted by Gasteiger charge is 2.17. The molecule has 0 saturated carbocycles. The number of hydrogen-bond donors (Lipinski definition) is 1. The zero-order valence-corrected chi connectivity index (χ0v) is 19.6. The van der Waals surface area contributed by atoms with Crippen LogP contribution in [0.1, 0.15) is 27.6 Å². The molecule has 0 aliphatic carbocycles. The molecular formula is C25H25BrN2O4. The third-order valence-electron chi connectivity index (χ3n) is 4.75. The molecule has 0 fully saturated rings. The van der Waals surface area contributed by atoms with E-state index in [0.717, 1.165) is 10.2 Å². The zero-order chi connectivity index (χ0) is 22.9. The van der Waals surface area contributed by atoms with E-state index >= 15 is 0 Å². The molecule has 3 rings (SSSR count). The Bertz CT molecular complexity index is 1060. The lowest BCUT2D eigenvalue weighted by atomic mass is 10.1. The number of para-hydroxylation sites is 1. The molecule has 0 atom stereocenters. The minimum Gasteiger partial charge on any atom is -0.490 e. The standard InChI is InChI=1S/C25H25BrN2O4/c1-3-28(21-7-5-4-6-8-21)25(30)18-9-12-20(13-10-18)27-24(29)22-17-19(26)11-14-23(22)32-16-15-31-2/h4-14,17H,3,15-16H2,1-2H3,(H,27,29). The van der Waals surface area contributed by atoms with Gasteiger partial charge in [-0.25, -0.2) is 0 Å². The molecule has 0 bridgehead atoms. The third kappa shape index (κ3) is 5.96. The number of amides is 2. The van der Waals surface area contributed by atoms with Crippen LogP contribution in [-0.2, 0) is 4.74 Å². The number of carbonyl (C=O) groups excluding carboxylic acids is 2. The maximum absolute atomic E-state index is 12.9. The summed E-state index contributed by atoms with van der Waals surface area (Å²) in [4.78, 5) is 27.5. The molecule has 0 heterocycles. The summed E-state index contributed by atoms with van der Waals surface area (Å²) in [5, 5.41) is 2.86. The summed E-state index contributed by atoms with van der Waals surface area (Å²) in [6, 6.07) is 21.6. The van der Waals surface area contributed by atoms with Gasteiger partial charge in [0, 0.05) is 35.1 Å². The van der Waals surface area contributed by atoms with Gasteiger partial charge >= 0.3 is 0 Å². The van der Waals surface area contributed by atoms with Crippen LogP contribution >= 0.6 is 15.9 Å². The first kappa shape index (κ1) is 23.5. The molecule has 0 aliphatic heterocycles. The van der Waals surface area contributed by atoms with Crippen LogP contribution < -0.4 is 15.0 Å². The summed E-state index contributed by atoms with van der Waals surface area (Å²) in [6.07, 6.45) is 0. The van der Waals surface area contributed by atoms with E-state index in [1.54, 1.807) is 48.4 Å². The fourth-order valence-electron chi connectivity index (χ4n) is 3.14. The smallest absolute Gasteiger partial charge is 0.259 e. The molecule has 6 nitrogen and oxygen atoms in total. The fraction of sp³-hybridized carbons (Fsp3) is 0.200. The third-order valence-corrected chi connectivity index (χ3v) is 5.24.